The topological polar surface area (TPSA) is 87.5 Å². The number of thiazole rings is 1. The summed E-state index contributed by atoms with van der Waals surface area (Å²) in [7, 11) is 3.75. The Hall–Kier alpha value is -2.70. The summed E-state index contributed by atoms with van der Waals surface area (Å²) in [5.74, 6) is 0. The van der Waals surface area contributed by atoms with Crippen molar-refractivity contribution < 1.29 is 17.9 Å². The first-order valence-electron chi connectivity index (χ1n) is 9.08. The smallest absolute Gasteiger partial charge is 0.378 e. The van der Waals surface area contributed by atoms with Crippen LogP contribution in [0.3, 0.4) is 0 Å². The van der Waals surface area contributed by atoms with Crippen LogP contribution in [0, 0.1) is 0 Å². The summed E-state index contributed by atoms with van der Waals surface area (Å²) in [6.07, 6.45) is -3.77. The first kappa shape index (κ1) is 22.0. The highest BCUT2D eigenvalue weighted by Crippen LogP contribution is 2.30. The number of morpholine rings is 1. The molecule has 1 aliphatic rings. The largest absolute Gasteiger partial charge is 0.433 e. The highest BCUT2D eigenvalue weighted by atomic mass is 32.1. The van der Waals surface area contributed by atoms with Crippen LogP contribution in [0.5, 0.6) is 0 Å². The second-order valence-corrected chi connectivity index (χ2v) is 7.32. The molecule has 0 saturated carbocycles. The lowest BCUT2D eigenvalue weighted by Crippen LogP contribution is -2.32. The standard InChI is InChI=1S/C16H14F3N5O2S.C2H7N/c17-16(18,19)13-10(9-20-23-5-7-26-8-6-23)14(25)24(22-13)15-21-11-3-1-2-4-12(11)27-15;1-3-2/h1-4,9,22H,5-8H2;3H,1-2H3. The number of fused-ring (bicyclic) bond motifs is 1. The summed E-state index contributed by atoms with van der Waals surface area (Å²) >= 11 is 1.13. The number of nitrogens with one attached hydrogen (secondary N) is 2. The van der Waals surface area contributed by atoms with Crippen molar-refractivity contribution >= 4 is 27.8 Å². The minimum atomic E-state index is -4.73. The van der Waals surface area contributed by atoms with Crippen LogP contribution in [0.15, 0.2) is 34.2 Å². The molecule has 1 aliphatic heterocycles. The summed E-state index contributed by atoms with van der Waals surface area (Å²) in [5.41, 5.74) is -1.94. The first-order valence-corrected chi connectivity index (χ1v) is 9.90. The second kappa shape index (κ2) is 9.41. The number of hydrogen-bond acceptors (Lipinski definition) is 7. The Balaban J connectivity index is 0.000000806. The molecule has 3 aromatic rings. The Bertz CT molecular complexity index is 1030. The summed E-state index contributed by atoms with van der Waals surface area (Å²) < 4.78 is 47.0. The van der Waals surface area contributed by atoms with Gasteiger partial charge in [0.2, 0.25) is 5.13 Å². The number of H-pyrrole nitrogens is 1. The van der Waals surface area contributed by atoms with E-state index >= 15 is 0 Å². The van der Waals surface area contributed by atoms with Gasteiger partial charge in [-0.05, 0) is 26.2 Å². The van der Waals surface area contributed by atoms with E-state index in [0.717, 1.165) is 26.9 Å². The number of aromatic nitrogens is 3. The number of ether oxygens (including phenoxy) is 1. The Morgan fingerprint density at radius 3 is 2.57 bits per heavy atom. The molecule has 0 unspecified atom stereocenters. The van der Waals surface area contributed by atoms with Gasteiger partial charge in [-0.1, -0.05) is 23.5 Å². The van der Waals surface area contributed by atoms with Gasteiger partial charge in [0.15, 0.2) is 5.69 Å². The predicted octanol–water partition coefficient (Wildman–Crippen LogP) is 2.30. The van der Waals surface area contributed by atoms with Crippen molar-refractivity contribution in [3.63, 3.8) is 0 Å². The van der Waals surface area contributed by atoms with Gasteiger partial charge in [0, 0.05) is 0 Å². The fourth-order valence-electron chi connectivity index (χ4n) is 2.68. The summed E-state index contributed by atoms with van der Waals surface area (Å²) in [5, 5.41) is 10.6. The molecule has 0 bridgehead atoms. The molecule has 1 aromatic carbocycles. The van der Waals surface area contributed by atoms with E-state index in [1.54, 1.807) is 29.3 Å². The number of para-hydroxylation sites is 1. The lowest BCUT2D eigenvalue weighted by atomic mass is 10.2. The molecule has 162 valence electrons. The van der Waals surface area contributed by atoms with Crippen LogP contribution in [0.2, 0.25) is 0 Å². The molecule has 3 heterocycles. The van der Waals surface area contributed by atoms with Crippen molar-refractivity contribution in [2.75, 3.05) is 40.4 Å². The second-order valence-electron chi connectivity index (χ2n) is 6.31. The van der Waals surface area contributed by atoms with E-state index in [9.17, 15) is 18.0 Å². The Morgan fingerprint density at radius 1 is 1.27 bits per heavy atom. The summed E-state index contributed by atoms with van der Waals surface area (Å²) in [6.45, 7) is 1.78. The van der Waals surface area contributed by atoms with Gasteiger partial charge >= 0.3 is 6.18 Å². The Kier molecular flexibility index (Phi) is 6.90. The van der Waals surface area contributed by atoms with Gasteiger partial charge in [0.05, 0.1) is 48.3 Å². The van der Waals surface area contributed by atoms with Gasteiger partial charge in [-0.3, -0.25) is 14.9 Å². The molecular weight excluding hydrogens is 421 g/mol. The lowest BCUT2D eigenvalue weighted by Gasteiger charge is -2.23. The van der Waals surface area contributed by atoms with Crippen molar-refractivity contribution in [1.29, 1.82) is 0 Å². The van der Waals surface area contributed by atoms with Crippen LogP contribution < -0.4 is 10.9 Å². The van der Waals surface area contributed by atoms with E-state index < -0.39 is 23.0 Å². The molecule has 8 nitrogen and oxygen atoms in total. The van der Waals surface area contributed by atoms with Gasteiger partial charge in [-0.15, -0.1) is 0 Å². The van der Waals surface area contributed by atoms with Gasteiger partial charge in [0.1, 0.15) is 0 Å². The van der Waals surface area contributed by atoms with E-state index in [4.69, 9.17) is 4.74 Å². The highest BCUT2D eigenvalue weighted by molar-refractivity contribution is 7.20. The number of aromatic amines is 1. The Morgan fingerprint density at radius 2 is 1.93 bits per heavy atom. The van der Waals surface area contributed by atoms with Crippen LogP contribution in [0.4, 0.5) is 13.2 Å². The number of nitrogens with zero attached hydrogens (tertiary/aromatic N) is 4. The van der Waals surface area contributed by atoms with Crippen LogP contribution in [-0.4, -0.2) is 66.4 Å². The number of hydrogen-bond donors (Lipinski definition) is 2. The molecule has 1 saturated heterocycles. The molecule has 1 fully saturated rings. The van der Waals surface area contributed by atoms with Crippen molar-refractivity contribution in [1.82, 2.24) is 25.1 Å². The van der Waals surface area contributed by atoms with Crippen LogP contribution >= 0.6 is 11.3 Å². The zero-order valence-corrected chi connectivity index (χ0v) is 17.2. The fraction of sp³-hybridized carbons (Fsp3) is 0.389. The average molecular weight is 442 g/mol. The molecule has 2 aromatic heterocycles. The molecule has 12 heteroatoms. The SMILES string of the molecule is CNC.O=c1c(C=NN2CCOCC2)c(C(F)(F)F)[nH]n1-c1nc2ccccc2s1. The van der Waals surface area contributed by atoms with Gasteiger partial charge in [0.25, 0.3) is 5.56 Å². The van der Waals surface area contributed by atoms with Gasteiger partial charge in [-0.2, -0.15) is 23.0 Å². The van der Waals surface area contributed by atoms with Crippen LogP contribution in [0.1, 0.15) is 11.3 Å². The predicted molar refractivity (Wildman–Crippen MR) is 110 cm³/mol. The molecular formula is C18H21F3N6O2S. The molecule has 4 rings (SSSR count). The minimum absolute atomic E-state index is 0.137. The number of benzene rings is 1. The van der Waals surface area contributed by atoms with Crippen molar-refractivity contribution in [2.24, 2.45) is 5.10 Å². The third-order valence-corrected chi connectivity index (χ3v) is 5.04. The zero-order valence-electron chi connectivity index (χ0n) is 16.4. The highest BCUT2D eigenvalue weighted by Gasteiger charge is 2.38. The third-order valence-electron chi connectivity index (χ3n) is 4.02. The normalized spacial score (nSPS) is 14.9. The maximum Gasteiger partial charge on any atom is 0.433 e. The molecule has 0 radical (unpaired) electrons. The molecule has 0 atom stereocenters. The number of halogens is 3. The number of hydrazone groups is 1. The third kappa shape index (κ3) is 4.89. The monoisotopic (exact) mass is 442 g/mol. The van der Waals surface area contributed by atoms with Crippen molar-refractivity contribution in [3.05, 3.63) is 45.9 Å². The van der Waals surface area contributed by atoms with Gasteiger partial charge in [-0.25, -0.2) is 4.98 Å². The molecule has 2 N–H and O–H groups in total. The van der Waals surface area contributed by atoms with Crippen molar-refractivity contribution in [3.8, 4) is 5.13 Å². The van der Waals surface area contributed by atoms with E-state index in [0.29, 0.717) is 31.8 Å². The number of alkyl halides is 3. The quantitative estimate of drug-likeness (QED) is 0.608. The van der Waals surface area contributed by atoms with Crippen LogP contribution in [-0.2, 0) is 10.9 Å². The maximum absolute atomic E-state index is 13.4. The maximum atomic E-state index is 13.4. The zero-order chi connectivity index (χ0) is 21.7. The van der Waals surface area contributed by atoms with E-state index in [1.165, 1.54) is 0 Å². The lowest BCUT2D eigenvalue weighted by molar-refractivity contribution is -0.141. The summed E-state index contributed by atoms with van der Waals surface area (Å²) in [4.78, 5) is 16.9. The van der Waals surface area contributed by atoms with Crippen LogP contribution in [0.25, 0.3) is 15.3 Å². The Labute approximate surface area is 174 Å². The average Bonchev–Trinajstić information content (AvgIpc) is 3.28. The van der Waals surface area contributed by atoms with E-state index in [-0.39, 0.29) is 5.13 Å². The van der Waals surface area contributed by atoms with E-state index in [1.807, 2.05) is 14.1 Å². The first-order chi connectivity index (χ1) is 14.3. The fourth-order valence-corrected chi connectivity index (χ4v) is 3.61. The molecule has 30 heavy (non-hydrogen) atoms. The van der Waals surface area contributed by atoms with E-state index in [2.05, 4.69) is 20.5 Å². The number of rotatable bonds is 3. The molecule has 0 amide bonds. The summed E-state index contributed by atoms with van der Waals surface area (Å²) in [6, 6.07) is 7.08. The van der Waals surface area contributed by atoms with Crippen molar-refractivity contribution in [2.45, 2.75) is 6.18 Å². The minimum Gasteiger partial charge on any atom is -0.378 e. The molecule has 0 aliphatic carbocycles. The molecule has 0 spiro atoms. The van der Waals surface area contributed by atoms with Gasteiger partial charge < -0.3 is 10.1 Å².